The lowest BCUT2D eigenvalue weighted by molar-refractivity contribution is 0.0155. The number of methoxy groups -OCH3 is 1. The molecule has 1 saturated carbocycles. The van der Waals surface area contributed by atoms with Crippen LogP contribution in [0.4, 0.5) is 5.69 Å². The molecule has 3 aromatic rings. The Kier molecular flexibility index (Phi) is 12.6. The van der Waals surface area contributed by atoms with Crippen molar-refractivity contribution in [3.05, 3.63) is 101 Å². The maximum absolute atomic E-state index is 13.9. The number of ether oxygens (including phenoxy) is 1. The highest BCUT2D eigenvalue weighted by atomic mass is 32.2. The number of nitrogens with zero attached hydrogens (tertiary/aromatic N) is 2. The van der Waals surface area contributed by atoms with E-state index in [2.05, 4.69) is 15.5 Å². The lowest BCUT2D eigenvalue weighted by atomic mass is 9.91. The van der Waals surface area contributed by atoms with Gasteiger partial charge in [-0.3, -0.25) is 13.9 Å². The Morgan fingerprint density at radius 3 is 2.13 bits per heavy atom. The van der Waals surface area contributed by atoms with E-state index in [9.17, 15) is 23.1 Å². The Balaban J connectivity index is 1.60. The van der Waals surface area contributed by atoms with Crippen LogP contribution in [0.5, 0.6) is 0 Å². The van der Waals surface area contributed by atoms with Crippen molar-refractivity contribution in [3.63, 3.8) is 0 Å². The van der Waals surface area contributed by atoms with Gasteiger partial charge in [-0.05, 0) is 75.4 Å². The molecule has 1 aliphatic rings. The summed E-state index contributed by atoms with van der Waals surface area (Å²) in [4.78, 5) is 29.5. The molecule has 0 aliphatic heterocycles. The van der Waals surface area contributed by atoms with E-state index >= 15 is 0 Å². The Morgan fingerprint density at radius 1 is 0.936 bits per heavy atom. The van der Waals surface area contributed by atoms with Crippen LogP contribution in [0.3, 0.4) is 0 Å². The maximum atomic E-state index is 13.9. The smallest absolute Gasteiger partial charge is 0.251 e. The predicted molar refractivity (Wildman–Crippen MR) is 185 cm³/mol. The monoisotopic (exact) mass is 664 g/mol. The molecule has 11 heteroatoms. The number of nitrogens with one attached hydrogen (secondary N) is 2. The highest BCUT2D eigenvalue weighted by molar-refractivity contribution is 7.92. The summed E-state index contributed by atoms with van der Waals surface area (Å²) < 4.78 is 31.6. The second kappa shape index (κ2) is 16.4. The van der Waals surface area contributed by atoms with Gasteiger partial charge < -0.3 is 25.4 Å². The summed E-state index contributed by atoms with van der Waals surface area (Å²) in [5, 5.41) is 17.5. The van der Waals surface area contributed by atoms with Gasteiger partial charge in [0.05, 0.1) is 36.2 Å². The highest BCUT2D eigenvalue weighted by Crippen LogP contribution is 2.25. The quantitative estimate of drug-likeness (QED) is 0.236. The third-order valence-electron chi connectivity index (χ3n) is 9.06. The molecule has 254 valence electrons. The van der Waals surface area contributed by atoms with Gasteiger partial charge >= 0.3 is 0 Å². The van der Waals surface area contributed by atoms with Gasteiger partial charge in [0.2, 0.25) is 10.0 Å². The number of sulfonamides is 1. The molecule has 0 bridgehead atoms. The second-order valence-corrected chi connectivity index (χ2v) is 14.6. The molecule has 1 aliphatic carbocycles. The number of hydrogen-bond donors (Lipinski definition) is 3. The summed E-state index contributed by atoms with van der Waals surface area (Å²) in [5.41, 5.74) is 2.25. The number of aliphatic hydroxyl groups is 1. The lowest BCUT2D eigenvalue weighted by Crippen LogP contribution is -2.51. The standard InChI is InChI=1S/C36H48N4O6S/c1-25(27-15-10-7-11-16-27)37-35(42)28-20-29(22-31(21-28)40(3)47(5,44)45)36(43)38-33(19-26-13-8-6-9-14-26)34(41)24-39(2)30-17-12-18-32(23-30)46-4/h6-11,13-16,20-22,25,30,32-34,41H,12,17-19,23-24H2,1-5H3,(H,37,42)(H,38,43)/t25-,30?,32?,33+,34-/m1/s1. The zero-order chi connectivity index (χ0) is 34.1. The average molecular weight is 665 g/mol. The summed E-state index contributed by atoms with van der Waals surface area (Å²) in [6, 6.07) is 22.7. The molecule has 0 aromatic heterocycles. The molecule has 4 rings (SSSR count). The number of amides is 2. The number of hydrogen-bond acceptors (Lipinski definition) is 7. The number of rotatable bonds is 14. The largest absolute Gasteiger partial charge is 0.390 e. The van der Waals surface area contributed by atoms with Gasteiger partial charge in [0.25, 0.3) is 11.8 Å². The van der Waals surface area contributed by atoms with Crippen molar-refractivity contribution in [2.24, 2.45) is 0 Å². The summed E-state index contributed by atoms with van der Waals surface area (Å²) in [5.74, 6) is -0.984. The molecule has 2 unspecified atom stereocenters. The third kappa shape index (κ3) is 10.1. The van der Waals surface area contributed by atoms with E-state index < -0.39 is 34.0 Å². The maximum Gasteiger partial charge on any atom is 0.251 e. The first-order valence-corrected chi connectivity index (χ1v) is 17.9. The van der Waals surface area contributed by atoms with Crippen LogP contribution in [0.25, 0.3) is 0 Å². The minimum atomic E-state index is -3.70. The first-order chi connectivity index (χ1) is 22.3. The normalized spacial score (nSPS) is 18.6. The van der Waals surface area contributed by atoms with E-state index in [1.807, 2.05) is 74.6 Å². The molecule has 0 spiro atoms. The van der Waals surface area contributed by atoms with Crippen molar-refractivity contribution >= 4 is 27.5 Å². The number of anilines is 1. The molecule has 0 saturated heterocycles. The average Bonchev–Trinajstić information content (AvgIpc) is 3.07. The minimum Gasteiger partial charge on any atom is -0.390 e. The lowest BCUT2D eigenvalue weighted by Gasteiger charge is -2.37. The number of benzene rings is 3. The molecule has 5 atom stereocenters. The Bertz CT molecular complexity index is 1590. The third-order valence-corrected chi connectivity index (χ3v) is 10.3. The molecule has 0 radical (unpaired) electrons. The summed E-state index contributed by atoms with van der Waals surface area (Å²) >= 11 is 0. The zero-order valence-electron chi connectivity index (χ0n) is 27.9. The van der Waals surface area contributed by atoms with Crippen molar-refractivity contribution in [2.45, 2.75) is 69.4 Å². The molecule has 10 nitrogen and oxygen atoms in total. The van der Waals surface area contributed by atoms with Crippen molar-refractivity contribution in [2.75, 3.05) is 38.3 Å². The Hall–Kier alpha value is -3.77. The predicted octanol–water partition coefficient (Wildman–Crippen LogP) is 4.16. The molecule has 1 fully saturated rings. The van der Waals surface area contributed by atoms with Crippen LogP contribution < -0.4 is 14.9 Å². The van der Waals surface area contributed by atoms with Crippen LogP contribution >= 0.6 is 0 Å². The molecule has 2 amide bonds. The number of carbonyl (C=O) groups is 2. The van der Waals surface area contributed by atoms with Crippen LogP contribution in [-0.4, -0.2) is 88.5 Å². The van der Waals surface area contributed by atoms with Crippen molar-refractivity contribution in [1.82, 2.24) is 15.5 Å². The van der Waals surface area contributed by atoms with E-state index in [0.717, 1.165) is 47.4 Å². The van der Waals surface area contributed by atoms with Gasteiger partial charge in [0.15, 0.2) is 0 Å². The molecular formula is C36H48N4O6S. The van der Waals surface area contributed by atoms with E-state index in [0.29, 0.717) is 13.0 Å². The highest BCUT2D eigenvalue weighted by Gasteiger charge is 2.30. The van der Waals surface area contributed by atoms with Crippen LogP contribution in [-0.2, 0) is 21.2 Å². The summed E-state index contributed by atoms with van der Waals surface area (Å²) in [6.07, 6.45) is 4.66. The summed E-state index contributed by atoms with van der Waals surface area (Å²) in [7, 11) is 1.39. The number of carbonyl (C=O) groups excluding carboxylic acids is 2. The van der Waals surface area contributed by atoms with Crippen molar-refractivity contribution < 1.29 is 27.9 Å². The fraction of sp³-hybridized carbons (Fsp3) is 0.444. The van der Waals surface area contributed by atoms with Gasteiger partial charge in [0, 0.05) is 37.9 Å². The molecule has 0 heterocycles. The van der Waals surface area contributed by atoms with Crippen LogP contribution in [0.1, 0.15) is 70.5 Å². The number of likely N-dealkylation sites (N-methyl/N-ethyl adjacent to an activating group) is 1. The topological polar surface area (TPSA) is 128 Å². The molecular weight excluding hydrogens is 616 g/mol. The van der Waals surface area contributed by atoms with Crippen molar-refractivity contribution in [1.29, 1.82) is 0 Å². The van der Waals surface area contributed by atoms with Crippen LogP contribution in [0.2, 0.25) is 0 Å². The van der Waals surface area contributed by atoms with E-state index in [1.165, 1.54) is 25.2 Å². The number of aliphatic hydroxyl groups excluding tert-OH is 1. The van der Waals surface area contributed by atoms with E-state index in [-0.39, 0.29) is 35.0 Å². The Labute approximate surface area is 279 Å². The second-order valence-electron chi connectivity index (χ2n) is 12.6. The first kappa shape index (κ1) is 36.1. The fourth-order valence-electron chi connectivity index (χ4n) is 6.06. The van der Waals surface area contributed by atoms with Crippen LogP contribution in [0, 0.1) is 0 Å². The van der Waals surface area contributed by atoms with Gasteiger partial charge in [-0.15, -0.1) is 0 Å². The SMILES string of the molecule is COC1CCCC(N(C)C[C@@H](O)[C@H](Cc2ccccc2)NC(=O)c2cc(C(=O)N[C@H](C)c3ccccc3)cc(N(C)S(C)(=O)=O)c2)C1. The Morgan fingerprint density at radius 2 is 1.53 bits per heavy atom. The van der Waals surface area contributed by atoms with Gasteiger partial charge in [-0.2, -0.15) is 0 Å². The van der Waals surface area contributed by atoms with Gasteiger partial charge in [-0.1, -0.05) is 60.7 Å². The van der Waals surface area contributed by atoms with E-state index in [4.69, 9.17) is 4.74 Å². The van der Waals surface area contributed by atoms with E-state index in [1.54, 1.807) is 7.11 Å². The molecule has 3 aromatic carbocycles. The zero-order valence-corrected chi connectivity index (χ0v) is 28.7. The molecule has 47 heavy (non-hydrogen) atoms. The summed E-state index contributed by atoms with van der Waals surface area (Å²) in [6.45, 7) is 2.18. The van der Waals surface area contributed by atoms with Gasteiger partial charge in [0.1, 0.15) is 0 Å². The minimum absolute atomic E-state index is 0.101. The fourth-order valence-corrected chi connectivity index (χ4v) is 6.55. The van der Waals surface area contributed by atoms with Crippen LogP contribution in [0.15, 0.2) is 78.9 Å². The molecule has 3 N–H and O–H groups in total. The first-order valence-electron chi connectivity index (χ1n) is 16.1. The van der Waals surface area contributed by atoms with Crippen molar-refractivity contribution in [3.8, 4) is 0 Å². The van der Waals surface area contributed by atoms with Gasteiger partial charge in [-0.25, -0.2) is 8.42 Å².